The van der Waals surface area contributed by atoms with Crippen LogP contribution in [0.2, 0.25) is 0 Å². The third-order valence-corrected chi connectivity index (χ3v) is 4.40. The molecule has 96 valence electrons. The van der Waals surface area contributed by atoms with Crippen LogP contribution < -0.4 is 5.32 Å². The molecular weight excluding hydrogens is 254 g/mol. The van der Waals surface area contributed by atoms with Gasteiger partial charge in [-0.2, -0.15) is 0 Å². The van der Waals surface area contributed by atoms with Crippen LogP contribution in [0.4, 0.5) is 8.78 Å². The van der Waals surface area contributed by atoms with Gasteiger partial charge in [-0.05, 0) is 31.5 Å². The quantitative estimate of drug-likeness (QED) is 0.895. The molecule has 0 radical (unpaired) electrons. The van der Waals surface area contributed by atoms with Gasteiger partial charge in [0, 0.05) is 12.5 Å². The van der Waals surface area contributed by atoms with Gasteiger partial charge in [0.15, 0.2) is 0 Å². The van der Waals surface area contributed by atoms with Gasteiger partial charge in [-0.15, -0.1) is 11.3 Å². The average Bonchev–Trinajstić information content (AvgIpc) is 2.95. The number of benzene rings is 1. The molecule has 3 rings (SSSR count). The van der Waals surface area contributed by atoms with E-state index in [1.807, 2.05) is 0 Å². The van der Waals surface area contributed by atoms with E-state index < -0.39 is 5.92 Å². The number of nitrogens with one attached hydrogen (secondary N) is 1. The number of hydrogen-bond donors (Lipinski definition) is 1. The molecule has 1 atom stereocenters. The molecule has 18 heavy (non-hydrogen) atoms. The molecule has 1 unspecified atom stereocenters. The molecule has 5 heteroatoms. The van der Waals surface area contributed by atoms with E-state index in [0.29, 0.717) is 6.04 Å². The molecule has 1 saturated heterocycles. The van der Waals surface area contributed by atoms with Crippen LogP contribution >= 0.6 is 11.3 Å². The molecule has 0 aliphatic carbocycles. The molecule has 2 nitrogen and oxygen atoms in total. The van der Waals surface area contributed by atoms with Gasteiger partial charge in [-0.1, -0.05) is 6.07 Å². The first-order valence-electron chi connectivity index (χ1n) is 6.06. The maximum Gasteiger partial charge on any atom is 0.270 e. The Hall–Kier alpha value is -1.07. The number of thiazole rings is 1. The molecule has 1 aromatic carbocycles. The summed E-state index contributed by atoms with van der Waals surface area (Å²) in [5, 5.41) is 4.39. The Morgan fingerprint density at radius 2 is 2.28 bits per heavy atom. The molecule has 1 aliphatic rings. The molecule has 0 bridgehead atoms. The first-order valence-corrected chi connectivity index (χ1v) is 6.88. The molecule has 0 amide bonds. The SMILES string of the molecule is CC(F)(F)c1ccc2nc(C3CCCN3)sc2c1. The second kappa shape index (κ2) is 4.24. The van der Waals surface area contributed by atoms with Gasteiger partial charge >= 0.3 is 0 Å². The Morgan fingerprint density at radius 3 is 2.94 bits per heavy atom. The van der Waals surface area contributed by atoms with Gasteiger partial charge in [-0.3, -0.25) is 0 Å². The van der Waals surface area contributed by atoms with E-state index in [1.54, 1.807) is 12.1 Å². The van der Waals surface area contributed by atoms with Crippen LogP contribution in [-0.4, -0.2) is 11.5 Å². The number of alkyl halides is 2. The summed E-state index contributed by atoms with van der Waals surface area (Å²) in [4.78, 5) is 4.53. The molecule has 2 aromatic rings. The molecule has 1 fully saturated rings. The number of halogens is 2. The molecule has 0 spiro atoms. The Morgan fingerprint density at radius 1 is 1.44 bits per heavy atom. The Bertz CT molecular complexity index is 568. The van der Waals surface area contributed by atoms with Crippen molar-refractivity contribution in [1.82, 2.24) is 10.3 Å². The van der Waals surface area contributed by atoms with E-state index >= 15 is 0 Å². The summed E-state index contributed by atoms with van der Waals surface area (Å²) in [6, 6.07) is 5.02. The van der Waals surface area contributed by atoms with Crippen molar-refractivity contribution in [2.45, 2.75) is 31.7 Å². The standard InChI is InChI=1S/C13H14F2N2S/c1-13(14,15)8-4-5-9-11(7-8)18-12(17-9)10-3-2-6-16-10/h4-5,7,10,16H,2-3,6H2,1H3. The molecule has 2 heterocycles. The summed E-state index contributed by atoms with van der Waals surface area (Å²) >= 11 is 1.52. The highest BCUT2D eigenvalue weighted by atomic mass is 32.1. The summed E-state index contributed by atoms with van der Waals surface area (Å²) in [6.07, 6.45) is 2.23. The van der Waals surface area contributed by atoms with Crippen LogP contribution in [0.15, 0.2) is 18.2 Å². The summed E-state index contributed by atoms with van der Waals surface area (Å²) in [5.74, 6) is -2.79. The molecule has 1 N–H and O–H groups in total. The van der Waals surface area contributed by atoms with E-state index in [2.05, 4.69) is 10.3 Å². The number of fused-ring (bicyclic) bond motifs is 1. The van der Waals surface area contributed by atoms with Gasteiger partial charge in [0.05, 0.1) is 16.3 Å². The van der Waals surface area contributed by atoms with E-state index in [0.717, 1.165) is 41.5 Å². The average molecular weight is 268 g/mol. The maximum atomic E-state index is 13.3. The highest BCUT2D eigenvalue weighted by Crippen LogP contribution is 2.34. The second-order valence-corrected chi connectivity index (χ2v) is 5.83. The lowest BCUT2D eigenvalue weighted by Gasteiger charge is -2.09. The van der Waals surface area contributed by atoms with Crippen LogP contribution in [-0.2, 0) is 5.92 Å². The summed E-state index contributed by atoms with van der Waals surface area (Å²) in [7, 11) is 0. The van der Waals surface area contributed by atoms with E-state index in [1.165, 1.54) is 17.4 Å². The van der Waals surface area contributed by atoms with Crippen molar-refractivity contribution in [3.8, 4) is 0 Å². The lowest BCUT2D eigenvalue weighted by molar-refractivity contribution is 0.0176. The second-order valence-electron chi connectivity index (χ2n) is 4.77. The van der Waals surface area contributed by atoms with Crippen molar-refractivity contribution in [2.75, 3.05) is 6.54 Å². The van der Waals surface area contributed by atoms with E-state index in [4.69, 9.17) is 0 Å². The fourth-order valence-corrected chi connectivity index (χ4v) is 3.38. The lowest BCUT2D eigenvalue weighted by Crippen LogP contribution is -2.12. The Balaban J connectivity index is 2.01. The number of aromatic nitrogens is 1. The Labute approximate surface area is 108 Å². The molecular formula is C13H14F2N2S. The minimum absolute atomic E-state index is 0.0598. The molecule has 1 aromatic heterocycles. The maximum absolute atomic E-state index is 13.3. The van der Waals surface area contributed by atoms with Crippen molar-refractivity contribution < 1.29 is 8.78 Å². The van der Waals surface area contributed by atoms with Gasteiger partial charge < -0.3 is 5.32 Å². The fraction of sp³-hybridized carbons (Fsp3) is 0.462. The normalized spacial score (nSPS) is 20.7. The summed E-state index contributed by atoms with van der Waals surface area (Å²) in [5.41, 5.74) is 0.876. The first-order chi connectivity index (χ1) is 8.54. The monoisotopic (exact) mass is 268 g/mol. The Kier molecular flexibility index (Phi) is 2.83. The lowest BCUT2D eigenvalue weighted by atomic mass is 10.1. The van der Waals surface area contributed by atoms with Gasteiger partial charge in [0.1, 0.15) is 5.01 Å². The summed E-state index contributed by atoms with van der Waals surface area (Å²) in [6.45, 7) is 1.94. The highest BCUT2D eigenvalue weighted by Gasteiger charge is 2.25. The predicted octanol–water partition coefficient (Wildman–Crippen LogP) is 3.83. The van der Waals surface area contributed by atoms with Crippen molar-refractivity contribution in [1.29, 1.82) is 0 Å². The zero-order valence-corrected chi connectivity index (χ0v) is 10.9. The fourth-order valence-electron chi connectivity index (χ4n) is 2.26. The highest BCUT2D eigenvalue weighted by molar-refractivity contribution is 7.18. The predicted molar refractivity (Wildman–Crippen MR) is 69.2 cm³/mol. The van der Waals surface area contributed by atoms with E-state index in [9.17, 15) is 8.78 Å². The van der Waals surface area contributed by atoms with Crippen molar-refractivity contribution >= 4 is 21.6 Å². The smallest absolute Gasteiger partial charge is 0.270 e. The molecule has 1 aliphatic heterocycles. The van der Waals surface area contributed by atoms with Crippen LogP contribution in [0, 0.1) is 0 Å². The van der Waals surface area contributed by atoms with Crippen molar-refractivity contribution in [2.24, 2.45) is 0 Å². The van der Waals surface area contributed by atoms with Gasteiger partial charge in [-0.25, -0.2) is 13.8 Å². The zero-order valence-electron chi connectivity index (χ0n) is 10.0. The topological polar surface area (TPSA) is 24.9 Å². The van der Waals surface area contributed by atoms with Crippen LogP contribution in [0.25, 0.3) is 10.2 Å². The third-order valence-electron chi connectivity index (χ3n) is 3.27. The number of rotatable bonds is 2. The van der Waals surface area contributed by atoms with Crippen LogP contribution in [0.5, 0.6) is 0 Å². The minimum atomic E-state index is -2.79. The van der Waals surface area contributed by atoms with Crippen molar-refractivity contribution in [3.05, 3.63) is 28.8 Å². The minimum Gasteiger partial charge on any atom is -0.308 e. The zero-order chi connectivity index (χ0) is 12.8. The first kappa shape index (κ1) is 12.0. The van der Waals surface area contributed by atoms with E-state index in [-0.39, 0.29) is 5.56 Å². The number of hydrogen-bond acceptors (Lipinski definition) is 3. The number of nitrogens with zero attached hydrogens (tertiary/aromatic N) is 1. The van der Waals surface area contributed by atoms with Gasteiger partial charge in [0.25, 0.3) is 5.92 Å². The van der Waals surface area contributed by atoms with Crippen LogP contribution in [0.1, 0.15) is 36.4 Å². The molecule has 0 saturated carbocycles. The largest absolute Gasteiger partial charge is 0.308 e. The van der Waals surface area contributed by atoms with Crippen molar-refractivity contribution in [3.63, 3.8) is 0 Å². The third kappa shape index (κ3) is 2.12. The van der Waals surface area contributed by atoms with Crippen LogP contribution in [0.3, 0.4) is 0 Å². The summed E-state index contributed by atoms with van der Waals surface area (Å²) < 4.78 is 27.4. The van der Waals surface area contributed by atoms with Gasteiger partial charge in [0.2, 0.25) is 0 Å².